The monoisotopic (exact) mass is 516 g/mol. The summed E-state index contributed by atoms with van der Waals surface area (Å²) in [6, 6.07) is 26.5. The molecule has 0 spiro atoms. The summed E-state index contributed by atoms with van der Waals surface area (Å²) in [4.78, 5) is 38.6. The Hall–Kier alpha value is -5.44. The highest BCUT2D eigenvalue weighted by molar-refractivity contribution is 5.93. The predicted molar refractivity (Wildman–Crippen MR) is 152 cm³/mol. The van der Waals surface area contributed by atoms with Crippen LogP contribution in [0, 0.1) is 0 Å². The molecule has 2 amide bonds. The molecule has 0 aliphatic carbocycles. The maximum atomic E-state index is 11.3. The van der Waals surface area contributed by atoms with Gasteiger partial charge in [0.15, 0.2) is 0 Å². The van der Waals surface area contributed by atoms with Gasteiger partial charge in [0, 0.05) is 36.3 Å². The van der Waals surface area contributed by atoms with E-state index in [1.165, 1.54) is 13.8 Å². The Balaban J connectivity index is 1.15. The number of nitrogens with one attached hydrogen (secondary N) is 4. The molecule has 39 heavy (non-hydrogen) atoms. The number of nitrogens with zero attached hydrogens (tertiary/aromatic N) is 2. The number of ether oxygens (including phenoxy) is 1. The summed E-state index contributed by atoms with van der Waals surface area (Å²) >= 11 is 0. The molecule has 4 N–H and O–H groups in total. The largest absolute Gasteiger partial charge is 0.457 e. The van der Waals surface area contributed by atoms with Gasteiger partial charge in [0.05, 0.1) is 22.1 Å². The highest BCUT2D eigenvalue weighted by Gasteiger charge is 2.09. The molecule has 6 aromatic rings. The van der Waals surface area contributed by atoms with Gasteiger partial charge >= 0.3 is 0 Å². The first-order valence-corrected chi connectivity index (χ1v) is 12.3. The molecule has 2 aromatic heterocycles. The standard InChI is InChI=1S/C30H24N6O3/c1-17(37)31-21-7-13-25-27(15-21)35-29(33-25)19-3-9-23(10-4-19)39-24-11-5-20(6-12-24)30-34-26-14-8-22(32-18(2)38)16-28(26)36-30/h3-16H,1-2H3,(H,31,37)(H,32,38)(H,33,35)(H,34,36). The lowest BCUT2D eigenvalue weighted by Gasteiger charge is -2.07. The van der Waals surface area contributed by atoms with Crippen LogP contribution in [0.15, 0.2) is 84.9 Å². The van der Waals surface area contributed by atoms with Crippen LogP contribution in [0.5, 0.6) is 11.5 Å². The number of hydrogen-bond donors (Lipinski definition) is 4. The van der Waals surface area contributed by atoms with Crippen LogP contribution in [0.1, 0.15) is 13.8 Å². The zero-order valence-corrected chi connectivity index (χ0v) is 21.2. The zero-order chi connectivity index (χ0) is 26.9. The van der Waals surface area contributed by atoms with E-state index in [0.717, 1.165) is 44.8 Å². The number of rotatable bonds is 6. The highest BCUT2D eigenvalue weighted by atomic mass is 16.5. The second-order valence-electron chi connectivity index (χ2n) is 9.15. The number of benzene rings is 4. The number of carbonyl (C=O) groups excluding carboxylic acids is 2. The molecule has 2 heterocycles. The second-order valence-corrected chi connectivity index (χ2v) is 9.15. The summed E-state index contributed by atoms with van der Waals surface area (Å²) < 4.78 is 6.04. The van der Waals surface area contributed by atoms with E-state index in [2.05, 4.69) is 30.6 Å². The fraction of sp³-hybridized carbons (Fsp3) is 0.0667. The van der Waals surface area contributed by atoms with Crippen LogP contribution in [-0.4, -0.2) is 31.8 Å². The van der Waals surface area contributed by atoms with Crippen LogP contribution < -0.4 is 15.4 Å². The van der Waals surface area contributed by atoms with Crippen molar-refractivity contribution in [1.82, 2.24) is 19.9 Å². The number of H-pyrrole nitrogens is 2. The van der Waals surface area contributed by atoms with Gasteiger partial charge in [-0.3, -0.25) is 9.59 Å². The van der Waals surface area contributed by atoms with E-state index in [0.29, 0.717) is 22.9 Å². The van der Waals surface area contributed by atoms with Crippen molar-refractivity contribution < 1.29 is 14.3 Å². The molecule has 192 valence electrons. The topological polar surface area (TPSA) is 125 Å². The van der Waals surface area contributed by atoms with Crippen LogP contribution in [0.2, 0.25) is 0 Å². The molecule has 0 unspecified atom stereocenters. The minimum Gasteiger partial charge on any atom is -0.457 e. The fourth-order valence-electron chi connectivity index (χ4n) is 4.34. The summed E-state index contributed by atoms with van der Waals surface area (Å²) in [7, 11) is 0. The quantitative estimate of drug-likeness (QED) is 0.202. The van der Waals surface area contributed by atoms with Crippen LogP contribution in [0.3, 0.4) is 0 Å². The number of imidazole rings is 2. The molecule has 4 aromatic carbocycles. The molecule has 0 fully saturated rings. The van der Waals surface area contributed by atoms with Crippen LogP contribution >= 0.6 is 0 Å². The van der Waals surface area contributed by atoms with Crippen LogP contribution in [-0.2, 0) is 9.59 Å². The molecule has 0 bridgehead atoms. The van der Waals surface area contributed by atoms with Gasteiger partial charge in [-0.1, -0.05) is 0 Å². The number of hydrogen-bond acceptors (Lipinski definition) is 5. The Labute approximate surface area is 223 Å². The average Bonchev–Trinajstić information content (AvgIpc) is 3.53. The number of aromatic nitrogens is 4. The summed E-state index contributed by atoms with van der Waals surface area (Å²) in [6.07, 6.45) is 0. The first kappa shape index (κ1) is 23.9. The van der Waals surface area contributed by atoms with Crippen molar-refractivity contribution in [1.29, 1.82) is 0 Å². The van der Waals surface area contributed by atoms with E-state index < -0.39 is 0 Å². The third-order valence-corrected chi connectivity index (χ3v) is 6.10. The predicted octanol–water partition coefficient (Wildman–Crippen LogP) is 6.48. The minimum atomic E-state index is -0.122. The molecule has 0 saturated carbocycles. The van der Waals surface area contributed by atoms with E-state index in [4.69, 9.17) is 4.74 Å². The second kappa shape index (κ2) is 9.79. The summed E-state index contributed by atoms with van der Waals surface area (Å²) in [5, 5.41) is 5.55. The van der Waals surface area contributed by atoms with Crippen LogP contribution in [0.25, 0.3) is 44.8 Å². The highest BCUT2D eigenvalue weighted by Crippen LogP contribution is 2.29. The van der Waals surface area contributed by atoms with Gasteiger partial charge in [0.25, 0.3) is 0 Å². The first-order chi connectivity index (χ1) is 18.9. The van der Waals surface area contributed by atoms with Gasteiger partial charge in [0.1, 0.15) is 23.1 Å². The van der Waals surface area contributed by atoms with Gasteiger partial charge in [-0.15, -0.1) is 0 Å². The molecule has 0 aliphatic heterocycles. The Kier molecular flexibility index (Phi) is 6.01. The molecule has 9 heteroatoms. The summed E-state index contributed by atoms with van der Waals surface area (Å²) in [6.45, 7) is 2.95. The normalized spacial score (nSPS) is 11.0. The lowest BCUT2D eigenvalue weighted by molar-refractivity contribution is -0.115. The molecule has 0 atom stereocenters. The average molecular weight is 517 g/mol. The van der Waals surface area contributed by atoms with Crippen LogP contribution in [0.4, 0.5) is 11.4 Å². The Morgan fingerprint density at radius 1 is 0.615 bits per heavy atom. The van der Waals surface area contributed by atoms with E-state index >= 15 is 0 Å². The van der Waals surface area contributed by atoms with Crippen molar-refractivity contribution in [3.8, 4) is 34.3 Å². The van der Waals surface area contributed by atoms with E-state index in [1.54, 1.807) is 0 Å². The number of anilines is 2. The van der Waals surface area contributed by atoms with Gasteiger partial charge in [-0.25, -0.2) is 9.97 Å². The van der Waals surface area contributed by atoms with E-state index in [9.17, 15) is 9.59 Å². The molecule has 9 nitrogen and oxygen atoms in total. The Morgan fingerprint density at radius 3 is 1.41 bits per heavy atom. The first-order valence-electron chi connectivity index (χ1n) is 12.3. The zero-order valence-electron chi connectivity index (χ0n) is 21.2. The lowest BCUT2D eigenvalue weighted by Crippen LogP contribution is -2.05. The van der Waals surface area contributed by atoms with Crippen molar-refractivity contribution in [3.63, 3.8) is 0 Å². The molecular weight excluding hydrogens is 492 g/mol. The number of fused-ring (bicyclic) bond motifs is 2. The Bertz CT molecular complexity index is 1700. The maximum Gasteiger partial charge on any atom is 0.221 e. The molecule has 0 radical (unpaired) electrons. The summed E-state index contributed by atoms with van der Waals surface area (Å²) in [5.41, 5.74) is 6.57. The van der Waals surface area contributed by atoms with Gasteiger partial charge in [-0.2, -0.15) is 0 Å². The number of aromatic amines is 2. The van der Waals surface area contributed by atoms with Crippen molar-refractivity contribution in [2.75, 3.05) is 10.6 Å². The third kappa shape index (κ3) is 5.19. The molecule has 0 aliphatic rings. The third-order valence-electron chi connectivity index (χ3n) is 6.10. The van der Waals surface area contributed by atoms with Gasteiger partial charge < -0.3 is 25.3 Å². The fourth-order valence-corrected chi connectivity index (χ4v) is 4.34. The van der Waals surface area contributed by atoms with E-state index in [-0.39, 0.29) is 11.8 Å². The molecule has 6 rings (SSSR count). The van der Waals surface area contributed by atoms with Gasteiger partial charge in [-0.05, 0) is 84.9 Å². The number of carbonyl (C=O) groups is 2. The molecular formula is C30H24N6O3. The summed E-state index contributed by atoms with van der Waals surface area (Å²) in [5.74, 6) is 2.62. The Morgan fingerprint density at radius 2 is 1.03 bits per heavy atom. The minimum absolute atomic E-state index is 0.122. The SMILES string of the molecule is CC(=O)Nc1ccc2[nH]c(-c3ccc(Oc4ccc(-c5nc6cc(NC(C)=O)ccc6[nH]5)cc4)cc3)nc2c1. The van der Waals surface area contributed by atoms with E-state index in [1.807, 2.05) is 84.9 Å². The lowest BCUT2D eigenvalue weighted by atomic mass is 10.2. The van der Waals surface area contributed by atoms with Crippen molar-refractivity contribution >= 4 is 45.3 Å². The van der Waals surface area contributed by atoms with Gasteiger partial charge in [0.2, 0.25) is 11.8 Å². The van der Waals surface area contributed by atoms with Crippen molar-refractivity contribution in [2.45, 2.75) is 13.8 Å². The van der Waals surface area contributed by atoms with Crippen molar-refractivity contribution in [3.05, 3.63) is 84.9 Å². The maximum absolute atomic E-state index is 11.3. The van der Waals surface area contributed by atoms with Crippen molar-refractivity contribution in [2.24, 2.45) is 0 Å². The number of amides is 2. The molecule has 0 saturated heterocycles. The smallest absolute Gasteiger partial charge is 0.221 e.